The zero-order valence-electron chi connectivity index (χ0n) is 12.7. The number of aromatic amines is 1. The van der Waals surface area contributed by atoms with E-state index >= 15 is 0 Å². The molecule has 2 heterocycles. The molecule has 2 N–H and O–H groups in total. The Labute approximate surface area is 124 Å². The summed E-state index contributed by atoms with van der Waals surface area (Å²) >= 11 is 0. The van der Waals surface area contributed by atoms with Crippen LogP contribution in [-0.2, 0) is 13.1 Å². The van der Waals surface area contributed by atoms with E-state index in [0.717, 1.165) is 25.2 Å². The third kappa shape index (κ3) is 3.16. The van der Waals surface area contributed by atoms with Crippen molar-refractivity contribution in [1.29, 1.82) is 5.26 Å². The predicted octanol–water partition coefficient (Wildman–Crippen LogP) is 1.96. The summed E-state index contributed by atoms with van der Waals surface area (Å²) in [6, 6.07) is 2.23. The fourth-order valence-corrected chi connectivity index (χ4v) is 2.18. The second kappa shape index (κ2) is 6.79. The van der Waals surface area contributed by atoms with Gasteiger partial charge in [-0.15, -0.1) is 0 Å². The van der Waals surface area contributed by atoms with Crippen LogP contribution in [0, 0.1) is 11.3 Å². The first-order valence-electron chi connectivity index (χ1n) is 7.22. The molecule has 112 valence electrons. The van der Waals surface area contributed by atoms with Crippen molar-refractivity contribution >= 4 is 11.6 Å². The Morgan fingerprint density at radius 3 is 2.71 bits per heavy atom. The van der Waals surface area contributed by atoms with E-state index in [4.69, 9.17) is 0 Å². The number of nitriles is 1. The van der Waals surface area contributed by atoms with Gasteiger partial charge >= 0.3 is 0 Å². The zero-order valence-corrected chi connectivity index (χ0v) is 12.7. The third-order valence-electron chi connectivity index (χ3n) is 3.40. The summed E-state index contributed by atoms with van der Waals surface area (Å²) in [5.74, 6) is 1.36. The number of anilines is 2. The Hall–Kier alpha value is -2.49. The highest BCUT2D eigenvalue weighted by molar-refractivity contribution is 5.66. The molecule has 0 aliphatic heterocycles. The average molecular weight is 287 g/mol. The average Bonchev–Trinajstić information content (AvgIpc) is 3.12. The van der Waals surface area contributed by atoms with Crippen LogP contribution in [-0.4, -0.2) is 33.1 Å². The maximum atomic E-state index is 9.37. The van der Waals surface area contributed by atoms with Gasteiger partial charge in [0.2, 0.25) is 0 Å². The van der Waals surface area contributed by atoms with Crippen LogP contribution in [0.2, 0.25) is 0 Å². The summed E-state index contributed by atoms with van der Waals surface area (Å²) < 4.78 is 1.87. The minimum Gasteiger partial charge on any atom is -0.365 e. The molecule has 2 aromatic rings. The van der Waals surface area contributed by atoms with Gasteiger partial charge in [0.15, 0.2) is 5.82 Å². The highest BCUT2D eigenvalue weighted by Crippen LogP contribution is 2.23. The Kier molecular flexibility index (Phi) is 4.82. The molecular weight excluding hydrogens is 266 g/mol. The Morgan fingerprint density at radius 1 is 1.38 bits per heavy atom. The van der Waals surface area contributed by atoms with E-state index in [1.165, 1.54) is 0 Å². The molecule has 2 rings (SSSR count). The molecule has 0 bridgehead atoms. The molecule has 0 aliphatic rings. The molecule has 0 atom stereocenters. The van der Waals surface area contributed by atoms with Gasteiger partial charge in [-0.2, -0.15) is 15.5 Å². The van der Waals surface area contributed by atoms with Gasteiger partial charge in [-0.25, -0.2) is 0 Å². The van der Waals surface area contributed by atoms with Crippen molar-refractivity contribution in [2.24, 2.45) is 0 Å². The van der Waals surface area contributed by atoms with Crippen LogP contribution in [0.1, 0.15) is 31.9 Å². The summed E-state index contributed by atoms with van der Waals surface area (Å²) in [5.41, 5.74) is 1.63. The standard InChI is InChI=1S/C14H21N7/c1-4-20(5-2)14-12(7-15)13(18-19-14)16-8-11-9-17-21(6-3)10-11/h9-10H,4-6,8H2,1-3H3,(H2,16,18,19). The van der Waals surface area contributed by atoms with E-state index in [1.807, 2.05) is 37.8 Å². The number of nitrogens with one attached hydrogen (secondary N) is 2. The number of hydrogen-bond donors (Lipinski definition) is 2. The maximum Gasteiger partial charge on any atom is 0.170 e. The topological polar surface area (TPSA) is 85.6 Å². The van der Waals surface area contributed by atoms with Gasteiger partial charge in [0, 0.05) is 37.9 Å². The largest absolute Gasteiger partial charge is 0.365 e. The van der Waals surface area contributed by atoms with Crippen molar-refractivity contribution in [1.82, 2.24) is 20.0 Å². The van der Waals surface area contributed by atoms with Crippen molar-refractivity contribution in [2.75, 3.05) is 23.3 Å². The van der Waals surface area contributed by atoms with Gasteiger partial charge in [-0.1, -0.05) is 0 Å². The highest BCUT2D eigenvalue weighted by atomic mass is 15.3. The lowest BCUT2D eigenvalue weighted by molar-refractivity contribution is 0.659. The third-order valence-corrected chi connectivity index (χ3v) is 3.40. The summed E-state index contributed by atoms with van der Waals surface area (Å²) in [6.45, 7) is 9.23. The summed E-state index contributed by atoms with van der Waals surface area (Å²) in [6.07, 6.45) is 3.81. The van der Waals surface area contributed by atoms with E-state index in [-0.39, 0.29) is 0 Å². The number of H-pyrrole nitrogens is 1. The molecule has 0 radical (unpaired) electrons. The Bertz CT molecular complexity index is 616. The molecule has 0 saturated heterocycles. The molecule has 0 aliphatic carbocycles. The first kappa shape index (κ1) is 14.9. The normalized spacial score (nSPS) is 10.4. The quantitative estimate of drug-likeness (QED) is 0.813. The summed E-state index contributed by atoms with van der Waals surface area (Å²) in [7, 11) is 0. The molecular formula is C14H21N7. The Balaban J connectivity index is 2.12. The van der Waals surface area contributed by atoms with E-state index in [1.54, 1.807) is 0 Å². The smallest absolute Gasteiger partial charge is 0.170 e. The lowest BCUT2D eigenvalue weighted by Crippen LogP contribution is -2.23. The van der Waals surface area contributed by atoms with Gasteiger partial charge < -0.3 is 10.2 Å². The fourth-order valence-electron chi connectivity index (χ4n) is 2.18. The first-order chi connectivity index (χ1) is 10.2. The molecule has 21 heavy (non-hydrogen) atoms. The molecule has 7 heteroatoms. The molecule has 0 unspecified atom stereocenters. The predicted molar refractivity (Wildman–Crippen MR) is 82.1 cm³/mol. The molecule has 0 aromatic carbocycles. The number of hydrogen-bond acceptors (Lipinski definition) is 5. The number of rotatable bonds is 7. The fraction of sp³-hybridized carbons (Fsp3) is 0.500. The van der Waals surface area contributed by atoms with E-state index < -0.39 is 0 Å². The second-order valence-electron chi connectivity index (χ2n) is 4.64. The van der Waals surface area contributed by atoms with Crippen molar-refractivity contribution in [3.63, 3.8) is 0 Å². The van der Waals surface area contributed by atoms with Gasteiger partial charge in [0.1, 0.15) is 17.5 Å². The highest BCUT2D eigenvalue weighted by Gasteiger charge is 2.16. The monoisotopic (exact) mass is 287 g/mol. The molecule has 0 amide bonds. The summed E-state index contributed by atoms with van der Waals surface area (Å²) in [4.78, 5) is 2.05. The van der Waals surface area contributed by atoms with Gasteiger partial charge in [0.25, 0.3) is 0 Å². The Morgan fingerprint density at radius 2 is 2.14 bits per heavy atom. The van der Waals surface area contributed by atoms with Crippen molar-refractivity contribution < 1.29 is 0 Å². The molecule has 7 nitrogen and oxygen atoms in total. The van der Waals surface area contributed by atoms with Crippen LogP contribution in [0.5, 0.6) is 0 Å². The minimum absolute atomic E-state index is 0.557. The van der Waals surface area contributed by atoms with Crippen LogP contribution in [0.25, 0.3) is 0 Å². The molecule has 0 fully saturated rings. The van der Waals surface area contributed by atoms with Crippen molar-refractivity contribution in [3.8, 4) is 6.07 Å². The van der Waals surface area contributed by atoms with E-state index in [0.29, 0.717) is 23.7 Å². The van der Waals surface area contributed by atoms with Crippen LogP contribution >= 0.6 is 0 Å². The van der Waals surface area contributed by atoms with Gasteiger partial charge in [-0.05, 0) is 20.8 Å². The minimum atomic E-state index is 0.557. The summed E-state index contributed by atoms with van der Waals surface area (Å²) in [5, 5.41) is 24.0. The second-order valence-corrected chi connectivity index (χ2v) is 4.64. The molecule has 0 spiro atoms. The SMILES string of the molecule is CCN(CC)c1n[nH]c(NCc2cnn(CC)c2)c1C#N. The zero-order chi connectivity index (χ0) is 15.2. The van der Waals surface area contributed by atoms with Crippen molar-refractivity contribution in [3.05, 3.63) is 23.5 Å². The number of nitrogens with zero attached hydrogens (tertiary/aromatic N) is 5. The van der Waals surface area contributed by atoms with Crippen LogP contribution in [0.4, 0.5) is 11.6 Å². The molecule has 2 aromatic heterocycles. The maximum absolute atomic E-state index is 9.37. The van der Waals surface area contributed by atoms with Crippen LogP contribution in [0.15, 0.2) is 12.4 Å². The van der Waals surface area contributed by atoms with E-state index in [9.17, 15) is 5.26 Å². The lowest BCUT2D eigenvalue weighted by Gasteiger charge is -2.17. The van der Waals surface area contributed by atoms with Crippen LogP contribution in [0.3, 0.4) is 0 Å². The van der Waals surface area contributed by atoms with Gasteiger partial charge in [0.05, 0.1) is 6.20 Å². The van der Waals surface area contributed by atoms with E-state index in [2.05, 4.69) is 31.6 Å². The number of aryl methyl sites for hydroxylation is 1. The first-order valence-corrected chi connectivity index (χ1v) is 7.22. The lowest BCUT2D eigenvalue weighted by atomic mass is 10.3. The van der Waals surface area contributed by atoms with Gasteiger partial charge in [-0.3, -0.25) is 9.78 Å². The molecule has 0 saturated carbocycles. The van der Waals surface area contributed by atoms with Crippen LogP contribution < -0.4 is 10.2 Å². The number of aromatic nitrogens is 4. The van der Waals surface area contributed by atoms with Crippen molar-refractivity contribution in [2.45, 2.75) is 33.9 Å².